The predicted octanol–water partition coefficient (Wildman–Crippen LogP) is 5.75. The number of hydrogen-bond donors (Lipinski definition) is 3. The minimum absolute atomic E-state index is 0.147. The Bertz CT molecular complexity index is 1400. The van der Waals surface area contributed by atoms with Crippen LogP contribution in [0.25, 0.3) is 11.1 Å². The van der Waals surface area contributed by atoms with Crippen molar-refractivity contribution in [2.24, 2.45) is 5.41 Å². The number of nitrogens with zero attached hydrogens (tertiary/aromatic N) is 3. The topological polar surface area (TPSA) is 114 Å². The van der Waals surface area contributed by atoms with Crippen molar-refractivity contribution in [2.75, 3.05) is 30.3 Å². The van der Waals surface area contributed by atoms with E-state index in [1.807, 2.05) is 4.90 Å². The molecule has 0 radical (unpaired) electrons. The predicted molar refractivity (Wildman–Crippen MR) is 146 cm³/mol. The number of aliphatic carboxylic acids is 1. The van der Waals surface area contributed by atoms with Crippen LogP contribution >= 0.6 is 23.2 Å². The molecule has 3 aromatic rings. The molecular formula is C27H26Cl2F3N5O3. The van der Waals surface area contributed by atoms with Crippen molar-refractivity contribution in [1.29, 1.82) is 0 Å². The van der Waals surface area contributed by atoms with Gasteiger partial charge in [-0.1, -0.05) is 41.4 Å². The summed E-state index contributed by atoms with van der Waals surface area (Å²) >= 11 is 12.1. The SMILES string of the molecule is Nc1nc(O[C@H](c2ccc(Cl)cc2-c2ccc(Cl)cc2)C(F)(F)F)cc(N2CCC3(CC2)CNC(C(=O)O)C3)n1. The van der Waals surface area contributed by atoms with Gasteiger partial charge in [0.25, 0.3) is 0 Å². The first-order valence-corrected chi connectivity index (χ1v) is 13.3. The Morgan fingerprint density at radius 2 is 1.77 bits per heavy atom. The van der Waals surface area contributed by atoms with Crippen molar-refractivity contribution < 1.29 is 27.8 Å². The van der Waals surface area contributed by atoms with Crippen molar-refractivity contribution in [2.45, 2.75) is 37.6 Å². The molecule has 13 heteroatoms. The van der Waals surface area contributed by atoms with Crippen molar-refractivity contribution in [3.05, 3.63) is 64.1 Å². The zero-order valence-electron chi connectivity index (χ0n) is 21.1. The molecule has 2 aliphatic heterocycles. The Labute approximate surface area is 238 Å². The van der Waals surface area contributed by atoms with Gasteiger partial charge in [0.15, 0.2) is 0 Å². The number of nitrogens with two attached hydrogens (primary N) is 1. The Morgan fingerprint density at radius 3 is 2.40 bits per heavy atom. The van der Waals surface area contributed by atoms with E-state index in [1.54, 1.807) is 24.3 Å². The average molecular weight is 596 g/mol. The molecule has 2 aliphatic rings. The third-order valence-electron chi connectivity index (χ3n) is 7.50. The number of ether oxygens (including phenoxy) is 1. The molecule has 1 spiro atoms. The lowest BCUT2D eigenvalue weighted by Gasteiger charge is -2.39. The maximum Gasteiger partial charge on any atom is 0.429 e. The van der Waals surface area contributed by atoms with E-state index in [0.29, 0.717) is 55.3 Å². The molecule has 0 bridgehead atoms. The maximum atomic E-state index is 14.5. The monoisotopic (exact) mass is 595 g/mol. The third kappa shape index (κ3) is 6.06. The number of rotatable bonds is 6. The van der Waals surface area contributed by atoms with Crippen LogP contribution in [0.3, 0.4) is 0 Å². The number of benzene rings is 2. The zero-order chi connectivity index (χ0) is 28.7. The van der Waals surface area contributed by atoms with Crippen molar-refractivity contribution in [3.63, 3.8) is 0 Å². The number of hydrogen-bond acceptors (Lipinski definition) is 7. The second-order valence-corrected chi connectivity index (χ2v) is 11.0. The molecule has 2 atom stereocenters. The van der Waals surface area contributed by atoms with E-state index in [9.17, 15) is 23.1 Å². The van der Waals surface area contributed by atoms with E-state index in [4.69, 9.17) is 33.7 Å². The first kappa shape index (κ1) is 28.3. The van der Waals surface area contributed by atoms with E-state index < -0.39 is 24.3 Å². The zero-order valence-corrected chi connectivity index (χ0v) is 22.6. The number of carboxylic acid groups (broad SMARTS) is 1. The van der Waals surface area contributed by atoms with Crippen LogP contribution in [0.1, 0.15) is 30.9 Å². The van der Waals surface area contributed by atoms with E-state index >= 15 is 0 Å². The fourth-order valence-electron chi connectivity index (χ4n) is 5.40. The largest absolute Gasteiger partial charge is 0.480 e. The Hall–Kier alpha value is -3.28. The molecule has 0 aliphatic carbocycles. The quantitative estimate of drug-likeness (QED) is 0.330. The number of nitrogens with one attached hydrogen (secondary N) is 1. The first-order chi connectivity index (χ1) is 18.9. The number of halogens is 5. The summed E-state index contributed by atoms with van der Waals surface area (Å²) in [7, 11) is 0. The number of carboxylic acids is 1. The van der Waals surface area contributed by atoms with Crippen molar-refractivity contribution in [1.82, 2.24) is 15.3 Å². The highest BCUT2D eigenvalue weighted by molar-refractivity contribution is 6.31. The van der Waals surface area contributed by atoms with Crippen molar-refractivity contribution >= 4 is 40.9 Å². The number of carbonyl (C=O) groups is 1. The number of alkyl halides is 3. The molecule has 0 saturated carbocycles. The van der Waals surface area contributed by atoms with Gasteiger partial charge in [-0.2, -0.15) is 23.1 Å². The molecule has 40 heavy (non-hydrogen) atoms. The summed E-state index contributed by atoms with van der Waals surface area (Å²) in [5.74, 6) is -1.08. The third-order valence-corrected chi connectivity index (χ3v) is 7.99. The van der Waals surface area contributed by atoms with Crippen LogP contribution in [0.2, 0.25) is 10.0 Å². The fraction of sp³-hybridized carbons (Fsp3) is 0.370. The summed E-state index contributed by atoms with van der Waals surface area (Å²) in [6, 6.07) is 11.2. The molecule has 0 amide bonds. The van der Waals surface area contributed by atoms with Crippen LogP contribution in [0, 0.1) is 5.41 Å². The smallest absolute Gasteiger partial charge is 0.429 e. The van der Waals surface area contributed by atoms with Crippen LogP contribution in [0.15, 0.2) is 48.5 Å². The lowest BCUT2D eigenvalue weighted by Crippen LogP contribution is -2.41. The lowest BCUT2D eigenvalue weighted by molar-refractivity contribution is -0.198. The molecule has 5 rings (SSSR count). The van der Waals surface area contributed by atoms with Crippen molar-refractivity contribution in [3.8, 4) is 17.0 Å². The van der Waals surface area contributed by atoms with Gasteiger partial charge in [0.05, 0.1) is 0 Å². The lowest BCUT2D eigenvalue weighted by atomic mass is 9.76. The van der Waals surface area contributed by atoms with Gasteiger partial charge in [0, 0.05) is 41.3 Å². The van der Waals surface area contributed by atoms with E-state index in [1.165, 1.54) is 24.3 Å². The second kappa shape index (κ2) is 10.9. The minimum atomic E-state index is -4.80. The highest BCUT2D eigenvalue weighted by Gasteiger charge is 2.46. The fourth-order valence-corrected chi connectivity index (χ4v) is 5.70. The maximum absolute atomic E-state index is 14.5. The van der Waals surface area contributed by atoms with Crippen LogP contribution in [0.5, 0.6) is 5.88 Å². The van der Waals surface area contributed by atoms with E-state index in [0.717, 1.165) is 0 Å². The first-order valence-electron chi connectivity index (χ1n) is 12.6. The molecule has 1 aromatic heterocycles. The summed E-state index contributed by atoms with van der Waals surface area (Å²) in [5.41, 5.74) is 6.31. The van der Waals surface area contributed by atoms with Gasteiger partial charge >= 0.3 is 12.1 Å². The molecule has 212 valence electrons. The summed E-state index contributed by atoms with van der Waals surface area (Å²) in [6.07, 6.45) is -5.25. The van der Waals surface area contributed by atoms with Crippen LogP contribution < -0.4 is 20.7 Å². The number of aromatic nitrogens is 2. The highest BCUT2D eigenvalue weighted by Crippen LogP contribution is 2.43. The summed E-state index contributed by atoms with van der Waals surface area (Å²) in [4.78, 5) is 21.4. The van der Waals surface area contributed by atoms with Gasteiger partial charge < -0.3 is 25.8 Å². The van der Waals surface area contributed by atoms with Crippen LogP contribution in [-0.4, -0.2) is 52.9 Å². The van der Waals surface area contributed by atoms with Gasteiger partial charge in [0.2, 0.25) is 17.9 Å². The number of piperidine rings is 1. The Kier molecular flexibility index (Phi) is 7.73. The molecule has 2 saturated heterocycles. The van der Waals surface area contributed by atoms with Crippen LogP contribution in [-0.2, 0) is 4.79 Å². The molecule has 3 heterocycles. The van der Waals surface area contributed by atoms with Gasteiger partial charge in [-0.15, -0.1) is 0 Å². The normalized spacial score (nSPS) is 19.5. The molecule has 2 aromatic carbocycles. The highest BCUT2D eigenvalue weighted by atomic mass is 35.5. The number of nitrogen functional groups attached to an aromatic ring is 1. The summed E-state index contributed by atoms with van der Waals surface area (Å²) in [6.45, 7) is 1.66. The molecular weight excluding hydrogens is 570 g/mol. The van der Waals surface area contributed by atoms with Gasteiger partial charge in [-0.25, -0.2) is 0 Å². The molecule has 2 fully saturated rings. The van der Waals surface area contributed by atoms with Gasteiger partial charge in [-0.3, -0.25) is 4.79 Å². The van der Waals surface area contributed by atoms with Crippen LogP contribution in [0.4, 0.5) is 24.9 Å². The molecule has 8 nitrogen and oxygen atoms in total. The van der Waals surface area contributed by atoms with Gasteiger partial charge in [-0.05, 0) is 60.1 Å². The summed E-state index contributed by atoms with van der Waals surface area (Å²) < 4.78 is 48.9. The molecule has 4 N–H and O–H groups in total. The Morgan fingerprint density at radius 1 is 1.10 bits per heavy atom. The van der Waals surface area contributed by atoms with E-state index in [-0.39, 0.29) is 33.4 Å². The minimum Gasteiger partial charge on any atom is -0.480 e. The molecule has 1 unspecified atom stereocenters. The standard InChI is InChI=1S/C27H26Cl2F3N5O3/c28-16-3-1-15(2-4-16)19-11-17(29)5-6-18(19)23(27(30,31)32)40-22-12-21(35-25(33)36-22)37-9-7-26(8-10-37)13-20(24(38)39)34-14-26/h1-6,11-12,20,23,34H,7-10,13-14H2,(H,38,39)(H2,33,35,36)/t20?,23-/m1/s1. The number of anilines is 2. The Balaban J connectivity index is 1.41. The van der Waals surface area contributed by atoms with Gasteiger partial charge in [0.1, 0.15) is 11.9 Å². The summed E-state index contributed by atoms with van der Waals surface area (Å²) in [5, 5.41) is 13.1. The van der Waals surface area contributed by atoms with E-state index in [2.05, 4.69) is 15.3 Å². The second-order valence-electron chi connectivity index (χ2n) is 10.2. The average Bonchev–Trinajstić information content (AvgIpc) is 3.31.